The number of aromatic amines is 1. The van der Waals surface area contributed by atoms with Gasteiger partial charge in [0.1, 0.15) is 6.54 Å². The lowest BCUT2D eigenvalue weighted by Crippen LogP contribution is -2.42. The van der Waals surface area contributed by atoms with E-state index in [0.717, 1.165) is 27.5 Å². The van der Waals surface area contributed by atoms with E-state index in [9.17, 15) is 19.2 Å². The number of likely N-dealkylation sites (tertiary alicyclic amines) is 1. The van der Waals surface area contributed by atoms with Crippen LogP contribution in [0, 0.1) is 36.5 Å². The number of carbonyl (C=O) groups is 3. The molecule has 2 aliphatic heterocycles. The van der Waals surface area contributed by atoms with E-state index in [1.54, 1.807) is 11.8 Å². The Morgan fingerprint density at radius 1 is 1.00 bits per heavy atom. The minimum Gasteiger partial charge on any atom is -0.325 e. The SMILES string of the molecule is Cc1ccc(NC(=O)CN2C(=O)[C@@H]3[C@H]4C[C@@H]([C@@H]3C2=O)[C@H]2[C@@H](c3ccccc3)c3sc(=O)[nH]c3S[C@@H]42)cc1. The van der Waals surface area contributed by atoms with Crippen LogP contribution in [-0.4, -0.2) is 39.4 Å². The summed E-state index contributed by atoms with van der Waals surface area (Å²) in [5, 5.41) is 3.86. The predicted octanol–water partition coefficient (Wildman–Crippen LogP) is 3.86. The summed E-state index contributed by atoms with van der Waals surface area (Å²) in [5.41, 5.74) is 2.87. The number of benzene rings is 2. The van der Waals surface area contributed by atoms with E-state index in [1.165, 1.54) is 16.2 Å². The molecule has 1 saturated heterocycles. The molecule has 188 valence electrons. The highest BCUT2D eigenvalue weighted by molar-refractivity contribution is 8.00. The Labute approximate surface area is 221 Å². The Balaban J connectivity index is 1.18. The molecule has 7 atom stereocenters. The van der Waals surface area contributed by atoms with Gasteiger partial charge in [-0.05, 0) is 48.8 Å². The molecule has 3 amide bonds. The molecule has 3 fully saturated rings. The number of aryl methyl sites for hydroxylation is 1. The van der Waals surface area contributed by atoms with Gasteiger partial charge in [0.25, 0.3) is 0 Å². The monoisotopic (exact) mass is 531 g/mol. The van der Waals surface area contributed by atoms with Crippen LogP contribution in [0.1, 0.15) is 28.3 Å². The largest absolute Gasteiger partial charge is 0.325 e. The first-order valence-electron chi connectivity index (χ1n) is 12.6. The van der Waals surface area contributed by atoms with Crippen LogP contribution in [0.3, 0.4) is 0 Å². The minimum atomic E-state index is -0.394. The van der Waals surface area contributed by atoms with Crippen LogP contribution in [0.4, 0.5) is 5.69 Å². The zero-order chi connectivity index (χ0) is 25.4. The van der Waals surface area contributed by atoms with E-state index in [0.29, 0.717) is 5.69 Å². The van der Waals surface area contributed by atoms with Crippen molar-refractivity contribution in [2.45, 2.75) is 29.5 Å². The zero-order valence-electron chi connectivity index (χ0n) is 20.0. The van der Waals surface area contributed by atoms with Crippen molar-refractivity contribution < 1.29 is 14.4 Å². The third kappa shape index (κ3) is 3.47. The first kappa shape index (κ1) is 23.0. The van der Waals surface area contributed by atoms with Crippen LogP contribution in [0.2, 0.25) is 0 Å². The van der Waals surface area contributed by atoms with E-state index in [2.05, 4.69) is 22.4 Å². The number of fused-ring (bicyclic) bond motifs is 9. The van der Waals surface area contributed by atoms with E-state index >= 15 is 0 Å². The van der Waals surface area contributed by atoms with Gasteiger partial charge in [-0.2, -0.15) is 0 Å². The summed E-state index contributed by atoms with van der Waals surface area (Å²) < 4.78 is 0. The van der Waals surface area contributed by atoms with Gasteiger partial charge in [-0.3, -0.25) is 24.1 Å². The van der Waals surface area contributed by atoms with Gasteiger partial charge in [0.15, 0.2) is 0 Å². The highest BCUT2D eigenvalue weighted by atomic mass is 32.2. The Bertz CT molecular complexity index is 1480. The molecular weight excluding hydrogens is 506 g/mol. The molecule has 0 radical (unpaired) electrons. The fourth-order valence-corrected chi connectivity index (χ4v) is 10.1. The van der Waals surface area contributed by atoms with E-state index < -0.39 is 5.92 Å². The number of anilines is 1. The van der Waals surface area contributed by atoms with Gasteiger partial charge in [0, 0.05) is 21.7 Å². The van der Waals surface area contributed by atoms with Crippen LogP contribution < -0.4 is 10.2 Å². The highest BCUT2D eigenvalue weighted by Gasteiger charge is 2.69. The summed E-state index contributed by atoms with van der Waals surface area (Å²) in [6.45, 7) is 1.71. The third-order valence-corrected chi connectivity index (χ3v) is 11.2. The second-order valence-electron chi connectivity index (χ2n) is 10.5. The quantitative estimate of drug-likeness (QED) is 0.498. The minimum absolute atomic E-state index is 0.0177. The molecule has 3 heterocycles. The first-order valence-corrected chi connectivity index (χ1v) is 14.3. The Morgan fingerprint density at radius 2 is 1.70 bits per heavy atom. The average Bonchev–Trinajstić information content (AvgIpc) is 3.62. The highest BCUT2D eigenvalue weighted by Crippen LogP contribution is 2.68. The molecular formula is C28H25N3O4S2. The molecule has 2 aliphatic carbocycles. The Kier molecular flexibility index (Phi) is 5.23. The van der Waals surface area contributed by atoms with Gasteiger partial charge < -0.3 is 10.3 Å². The summed E-state index contributed by atoms with van der Waals surface area (Å²) in [6, 6.07) is 17.6. The molecule has 0 spiro atoms. The van der Waals surface area contributed by atoms with Gasteiger partial charge in [0.05, 0.1) is 16.9 Å². The molecule has 2 bridgehead atoms. The van der Waals surface area contributed by atoms with Gasteiger partial charge >= 0.3 is 4.87 Å². The van der Waals surface area contributed by atoms with Crippen molar-refractivity contribution in [3.8, 4) is 0 Å². The average molecular weight is 532 g/mol. The van der Waals surface area contributed by atoms with Crippen molar-refractivity contribution in [2.24, 2.45) is 29.6 Å². The number of nitrogens with one attached hydrogen (secondary N) is 2. The maximum Gasteiger partial charge on any atom is 0.305 e. The van der Waals surface area contributed by atoms with Crippen LogP contribution in [0.5, 0.6) is 0 Å². The molecule has 7 nitrogen and oxygen atoms in total. The first-order chi connectivity index (χ1) is 17.9. The topological polar surface area (TPSA) is 99.3 Å². The summed E-state index contributed by atoms with van der Waals surface area (Å²) in [6.07, 6.45) is 0.834. The number of amides is 3. The number of thiazole rings is 1. The van der Waals surface area contributed by atoms with Crippen LogP contribution in [-0.2, 0) is 14.4 Å². The van der Waals surface area contributed by atoms with Gasteiger partial charge in [-0.25, -0.2) is 0 Å². The molecule has 2 N–H and O–H groups in total. The van der Waals surface area contributed by atoms with Gasteiger partial charge in [-0.15, -0.1) is 11.8 Å². The number of carbonyl (C=O) groups excluding carboxylic acids is 3. The molecule has 37 heavy (non-hydrogen) atoms. The molecule has 0 unspecified atom stereocenters. The molecule has 9 heteroatoms. The summed E-state index contributed by atoms with van der Waals surface area (Å²) in [4.78, 5) is 57.5. The molecule has 1 aromatic heterocycles. The van der Waals surface area contributed by atoms with Crippen molar-refractivity contribution in [3.63, 3.8) is 0 Å². The molecule has 2 saturated carbocycles. The van der Waals surface area contributed by atoms with E-state index in [4.69, 9.17) is 0 Å². The van der Waals surface area contributed by atoms with Crippen molar-refractivity contribution in [3.05, 3.63) is 80.3 Å². The lowest BCUT2D eigenvalue weighted by Gasteiger charge is -2.43. The number of thioether (sulfide) groups is 1. The second-order valence-corrected chi connectivity index (χ2v) is 12.8. The van der Waals surface area contributed by atoms with Crippen LogP contribution >= 0.6 is 23.1 Å². The Morgan fingerprint density at radius 3 is 2.43 bits per heavy atom. The Hall–Kier alpha value is -3.17. The van der Waals surface area contributed by atoms with Crippen molar-refractivity contribution in [1.29, 1.82) is 0 Å². The maximum atomic E-state index is 13.7. The summed E-state index contributed by atoms with van der Waals surface area (Å²) in [7, 11) is 0. The maximum absolute atomic E-state index is 13.7. The zero-order valence-corrected chi connectivity index (χ0v) is 21.7. The smallest absolute Gasteiger partial charge is 0.305 e. The van der Waals surface area contributed by atoms with E-state index in [1.807, 2.05) is 49.4 Å². The predicted molar refractivity (Wildman–Crippen MR) is 141 cm³/mol. The number of rotatable bonds is 4. The fourth-order valence-electron chi connectivity index (χ4n) is 7.25. The molecule has 2 aromatic carbocycles. The summed E-state index contributed by atoms with van der Waals surface area (Å²) >= 11 is 2.93. The van der Waals surface area contributed by atoms with Gasteiger partial charge in [0.2, 0.25) is 17.7 Å². The molecule has 4 aliphatic rings. The fraction of sp³-hybridized carbons (Fsp3) is 0.357. The van der Waals surface area contributed by atoms with Crippen LogP contribution in [0.15, 0.2) is 64.4 Å². The summed E-state index contributed by atoms with van der Waals surface area (Å²) in [5.74, 6) is -1.31. The molecule has 7 rings (SSSR count). The van der Waals surface area contributed by atoms with Crippen molar-refractivity contribution in [2.75, 3.05) is 11.9 Å². The van der Waals surface area contributed by atoms with Gasteiger partial charge in [-0.1, -0.05) is 59.4 Å². The van der Waals surface area contributed by atoms with Crippen molar-refractivity contribution >= 4 is 46.5 Å². The lowest BCUT2D eigenvalue weighted by atomic mass is 9.68. The number of nitrogens with zero attached hydrogens (tertiary/aromatic N) is 1. The number of hydrogen-bond donors (Lipinski definition) is 2. The number of imide groups is 1. The number of hydrogen-bond acceptors (Lipinski definition) is 6. The van der Waals surface area contributed by atoms with Crippen LogP contribution in [0.25, 0.3) is 0 Å². The third-order valence-electron chi connectivity index (χ3n) is 8.61. The number of aromatic nitrogens is 1. The van der Waals surface area contributed by atoms with Crippen molar-refractivity contribution in [1.82, 2.24) is 9.88 Å². The standard InChI is InChI=1S/C28H25N3O4S2/c1-13-7-9-15(10-8-13)29-18(32)12-31-26(33)21-16-11-17(22(21)27(31)34)23-20(16)19(14-5-3-2-4-6-14)24-25(36-23)30-28(35)37-24/h2-10,16-17,19-23H,11-12H2,1H3,(H,29,32)(H,30,35)/t16-,17-,19-,20+,21+,22-,23+/m1/s1. The lowest BCUT2D eigenvalue weighted by molar-refractivity contribution is -0.143. The normalized spacial score (nSPS) is 31.3. The molecule has 3 aromatic rings. The van der Waals surface area contributed by atoms with E-state index in [-0.39, 0.29) is 64.0 Å². The second kappa shape index (κ2) is 8.43. The number of H-pyrrole nitrogens is 1.